The third kappa shape index (κ3) is 5.11. The van der Waals surface area contributed by atoms with Crippen molar-refractivity contribution in [3.63, 3.8) is 0 Å². The van der Waals surface area contributed by atoms with E-state index in [1.54, 1.807) is 61.7 Å². The standard InChI is InChI=1S/C23H23N3O5/c1-15-8-7-11-26(23(15)29)14-21(27)24-17-12-20(31-3)18(13-19(17)30-2)25-22(28)16-9-5-4-6-10-16/h4-13H,14H2,1-3H3,(H,24,27)(H,25,28). The Kier molecular flexibility index (Phi) is 6.71. The van der Waals surface area contributed by atoms with Crippen LogP contribution < -0.4 is 25.7 Å². The second-order valence-corrected chi connectivity index (χ2v) is 6.75. The van der Waals surface area contributed by atoms with Crippen LogP contribution in [0.5, 0.6) is 11.5 Å². The molecule has 2 aromatic carbocycles. The molecule has 0 aliphatic heterocycles. The summed E-state index contributed by atoms with van der Waals surface area (Å²) in [6.07, 6.45) is 1.55. The van der Waals surface area contributed by atoms with E-state index in [9.17, 15) is 14.4 Å². The topological polar surface area (TPSA) is 98.7 Å². The van der Waals surface area contributed by atoms with Crippen molar-refractivity contribution in [2.45, 2.75) is 13.5 Å². The first-order chi connectivity index (χ1) is 14.9. The molecule has 31 heavy (non-hydrogen) atoms. The Hall–Kier alpha value is -4.07. The number of hydrogen-bond acceptors (Lipinski definition) is 5. The van der Waals surface area contributed by atoms with Crippen LogP contribution in [0.1, 0.15) is 15.9 Å². The van der Waals surface area contributed by atoms with Gasteiger partial charge in [0, 0.05) is 29.5 Å². The molecule has 0 radical (unpaired) electrons. The lowest BCUT2D eigenvalue weighted by Gasteiger charge is -2.16. The number of anilines is 2. The molecule has 3 aromatic rings. The molecule has 8 nitrogen and oxygen atoms in total. The molecule has 0 atom stereocenters. The molecular formula is C23H23N3O5. The maximum atomic E-state index is 12.5. The van der Waals surface area contributed by atoms with E-state index in [4.69, 9.17) is 9.47 Å². The Morgan fingerprint density at radius 3 is 2.13 bits per heavy atom. The zero-order valence-corrected chi connectivity index (χ0v) is 17.5. The van der Waals surface area contributed by atoms with Gasteiger partial charge in [0.2, 0.25) is 5.91 Å². The van der Waals surface area contributed by atoms with E-state index in [2.05, 4.69) is 10.6 Å². The summed E-state index contributed by atoms with van der Waals surface area (Å²) >= 11 is 0. The molecule has 2 amide bonds. The number of nitrogens with one attached hydrogen (secondary N) is 2. The number of aromatic nitrogens is 1. The van der Waals surface area contributed by atoms with E-state index in [1.165, 1.54) is 18.8 Å². The van der Waals surface area contributed by atoms with Crippen LogP contribution in [0.15, 0.2) is 65.6 Å². The van der Waals surface area contributed by atoms with Crippen molar-refractivity contribution < 1.29 is 19.1 Å². The first kappa shape index (κ1) is 21.6. The molecule has 2 N–H and O–H groups in total. The highest BCUT2D eigenvalue weighted by molar-refractivity contribution is 6.05. The van der Waals surface area contributed by atoms with Crippen LogP contribution >= 0.6 is 0 Å². The fourth-order valence-electron chi connectivity index (χ4n) is 3.00. The number of benzene rings is 2. The summed E-state index contributed by atoms with van der Waals surface area (Å²) in [5.41, 5.74) is 1.54. The van der Waals surface area contributed by atoms with E-state index in [1.807, 2.05) is 6.07 Å². The zero-order chi connectivity index (χ0) is 22.4. The molecule has 0 saturated heterocycles. The molecule has 0 spiro atoms. The summed E-state index contributed by atoms with van der Waals surface area (Å²) in [4.78, 5) is 37.2. The van der Waals surface area contributed by atoms with Crippen LogP contribution in [0.25, 0.3) is 0 Å². The molecule has 0 aliphatic carbocycles. The SMILES string of the molecule is COc1cc(NC(=O)c2ccccc2)c(OC)cc1NC(=O)Cn1cccc(C)c1=O. The van der Waals surface area contributed by atoms with Crippen molar-refractivity contribution in [3.8, 4) is 11.5 Å². The number of ether oxygens (including phenoxy) is 2. The van der Waals surface area contributed by atoms with Crippen LogP contribution in [0.4, 0.5) is 11.4 Å². The minimum Gasteiger partial charge on any atom is -0.494 e. The molecule has 8 heteroatoms. The average molecular weight is 421 g/mol. The molecule has 160 valence electrons. The van der Waals surface area contributed by atoms with E-state index in [0.717, 1.165) is 0 Å². The Balaban J connectivity index is 1.82. The molecule has 3 rings (SSSR count). The lowest BCUT2D eigenvalue weighted by atomic mass is 10.2. The number of amides is 2. The number of pyridine rings is 1. The van der Waals surface area contributed by atoms with Gasteiger partial charge in [0.15, 0.2) is 0 Å². The molecule has 0 fully saturated rings. The molecule has 1 aromatic heterocycles. The van der Waals surface area contributed by atoms with Crippen LogP contribution in [-0.2, 0) is 11.3 Å². The van der Waals surface area contributed by atoms with Gasteiger partial charge in [-0.1, -0.05) is 24.3 Å². The summed E-state index contributed by atoms with van der Waals surface area (Å²) < 4.78 is 12.1. The second-order valence-electron chi connectivity index (χ2n) is 6.75. The van der Waals surface area contributed by atoms with Gasteiger partial charge in [-0.25, -0.2) is 0 Å². The predicted octanol–water partition coefficient (Wildman–Crippen LogP) is 3.06. The highest BCUT2D eigenvalue weighted by atomic mass is 16.5. The first-order valence-corrected chi connectivity index (χ1v) is 9.51. The number of carbonyl (C=O) groups excluding carboxylic acids is 2. The highest BCUT2D eigenvalue weighted by Crippen LogP contribution is 2.36. The smallest absolute Gasteiger partial charge is 0.255 e. The highest BCUT2D eigenvalue weighted by Gasteiger charge is 2.16. The predicted molar refractivity (Wildman–Crippen MR) is 118 cm³/mol. The minimum atomic E-state index is -0.408. The van der Waals surface area contributed by atoms with Crippen LogP contribution in [0, 0.1) is 6.92 Å². The van der Waals surface area contributed by atoms with Crippen molar-refractivity contribution >= 4 is 23.2 Å². The molecule has 0 unspecified atom stereocenters. The summed E-state index contributed by atoms with van der Waals surface area (Å²) in [5, 5.41) is 5.51. The second kappa shape index (κ2) is 9.62. The first-order valence-electron chi connectivity index (χ1n) is 9.51. The van der Waals surface area contributed by atoms with Gasteiger partial charge >= 0.3 is 0 Å². The fourth-order valence-corrected chi connectivity index (χ4v) is 3.00. The number of aryl methyl sites for hydroxylation is 1. The maximum Gasteiger partial charge on any atom is 0.255 e. The van der Waals surface area contributed by atoms with Crippen molar-refractivity contribution in [1.82, 2.24) is 4.57 Å². The number of rotatable bonds is 7. The van der Waals surface area contributed by atoms with Gasteiger partial charge in [0.05, 0.1) is 25.6 Å². The van der Waals surface area contributed by atoms with Crippen molar-refractivity contribution in [2.24, 2.45) is 0 Å². The van der Waals surface area contributed by atoms with E-state index in [0.29, 0.717) is 34.0 Å². The summed E-state index contributed by atoms with van der Waals surface area (Å²) in [5.74, 6) is -0.0483. The molecule has 0 aliphatic rings. The van der Waals surface area contributed by atoms with E-state index < -0.39 is 5.91 Å². The van der Waals surface area contributed by atoms with Gasteiger partial charge in [-0.3, -0.25) is 14.4 Å². The molecule has 0 bridgehead atoms. The quantitative estimate of drug-likeness (QED) is 0.611. The summed E-state index contributed by atoms with van der Waals surface area (Å²) in [7, 11) is 2.91. The van der Waals surface area contributed by atoms with Gasteiger partial charge in [0.1, 0.15) is 18.0 Å². The Labute approximate surface area is 179 Å². The summed E-state index contributed by atoms with van der Waals surface area (Å²) in [6.45, 7) is 1.53. The van der Waals surface area contributed by atoms with Crippen LogP contribution in [-0.4, -0.2) is 30.6 Å². The van der Waals surface area contributed by atoms with Crippen molar-refractivity contribution in [1.29, 1.82) is 0 Å². The zero-order valence-electron chi connectivity index (χ0n) is 17.5. The lowest BCUT2D eigenvalue weighted by Crippen LogP contribution is -2.28. The largest absolute Gasteiger partial charge is 0.494 e. The minimum absolute atomic E-state index is 0.154. The third-order valence-corrected chi connectivity index (χ3v) is 4.60. The van der Waals surface area contributed by atoms with Crippen LogP contribution in [0.3, 0.4) is 0 Å². The number of nitrogens with zero attached hydrogens (tertiary/aromatic N) is 1. The lowest BCUT2D eigenvalue weighted by molar-refractivity contribution is -0.116. The average Bonchev–Trinajstić information content (AvgIpc) is 2.78. The van der Waals surface area contributed by atoms with Crippen molar-refractivity contribution in [2.75, 3.05) is 24.9 Å². The Bertz CT molecular complexity index is 1160. The monoisotopic (exact) mass is 421 g/mol. The Morgan fingerprint density at radius 2 is 1.52 bits per heavy atom. The van der Waals surface area contributed by atoms with Gasteiger partial charge < -0.3 is 24.7 Å². The van der Waals surface area contributed by atoms with Crippen LogP contribution in [0.2, 0.25) is 0 Å². The van der Waals surface area contributed by atoms with Gasteiger partial charge in [-0.15, -0.1) is 0 Å². The van der Waals surface area contributed by atoms with Gasteiger partial charge in [0.25, 0.3) is 11.5 Å². The molecular weight excluding hydrogens is 398 g/mol. The maximum absolute atomic E-state index is 12.5. The van der Waals surface area contributed by atoms with E-state index in [-0.39, 0.29) is 18.0 Å². The third-order valence-electron chi connectivity index (χ3n) is 4.60. The van der Waals surface area contributed by atoms with Gasteiger partial charge in [-0.05, 0) is 25.1 Å². The number of hydrogen-bond donors (Lipinski definition) is 2. The fraction of sp³-hybridized carbons (Fsp3) is 0.174. The Morgan fingerprint density at radius 1 is 0.903 bits per heavy atom. The molecule has 0 saturated carbocycles. The van der Waals surface area contributed by atoms with Gasteiger partial charge in [-0.2, -0.15) is 0 Å². The van der Waals surface area contributed by atoms with Crippen molar-refractivity contribution in [3.05, 3.63) is 82.3 Å². The molecule has 1 heterocycles. The number of methoxy groups -OCH3 is 2. The normalized spacial score (nSPS) is 10.3. The number of carbonyl (C=O) groups is 2. The summed E-state index contributed by atoms with van der Waals surface area (Å²) in [6, 6.07) is 15.3. The van der Waals surface area contributed by atoms with E-state index >= 15 is 0 Å².